The second-order valence-corrected chi connectivity index (χ2v) is 6.35. The second-order valence-electron chi connectivity index (χ2n) is 5.16. The average molecular weight is 414 g/mol. The molecule has 0 unspecified atom stereocenters. The summed E-state index contributed by atoms with van der Waals surface area (Å²) < 4.78 is 10.9. The molecule has 6 nitrogen and oxygen atoms in total. The molecule has 24 heavy (non-hydrogen) atoms. The van der Waals surface area contributed by atoms with E-state index < -0.39 is 5.91 Å². The number of rotatable bonds is 3. The molecule has 1 N–H and O–H groups in total. The Balaban J connectivity index is 1.78. The number of anilines is 1. The highest BCUT2D eigenvalue weighted by molar-refractivity contribution is 9.10. The molecule has 0 aliphatic carbocycles. The lowest BCUT2D eigenvalue weighted by Crippen LogP contribution is -2.40. The van der Waals surface area contributed by atoms with Crippen molar-refractivity contribution in [2.24, 2.45) is 0 Å². The molecule has 1 aromatic heterocycles. The van der Waals surface area contributed by atoms with Gasteiger partial charge >= 0.3 is 0 Å². The van der Waals surface area contributed by atoms with Crippen molar-refractivity contribution in [2.45, 2.75) is 0 Å². The summed E-state index contributed by atoms with van der Waals surface area (Å²) in [5, 5.41) is 3.00. The third kappa shape index (κ3) is 3.80. The molecule has 2 aromatic rings. The number of morpholine rings is 1. The predicted octanol–water partition coefficient (Wildman–Crippen LogP) is 3.42. The first-order valence-electron chi connectivity index (χ1n) is 7.28. The summed E-state index contributed by atoms with van der Waals surface area (Å²) in [6, 6.07) is 7.95. The Hall–Kier alpha value is -1.83. The molecule has 0 bridgehead atoms. The van der Waals surface area contributed by atoms with Gasteiger partial charge in [0.15, 0.2) is 10.4 Å². The topological polar surface area (TPSA) is 71.8 Å². The minimum Gasteiger partial charge on any atom is -0.444 e. The van der Waals surface area contributed by atoms with Crippen molar-refractivity contribution in [2.75, 3.05) is 31.6 Å². The summed E-state index contributed by atoms with van der Waals surface area (Å²) in [6.07, 6.45) is 0. The van der Waals surface area contributed by atoms with Crippen LogP contribution in [-0.2, 0) is 4.74 Å². The molecule has 0 saturated carbocycles. The van der Waals surface area contributed by atoms with Gasteiger partial charge in [0.05, 0.1) is 23.9 Å². The van der Waals surface area contributed by atoms with Crippen LogP contribution in [0.25, 0.3) is 0 Å². The first kappa shape index (κ1) is 17.0. The van der Waals surface area contributed by atoms with Gasteiger partial charge in [-0.3, -0.25) is 9.59 Å². The number of carbonyl (C=O) groups is 2. The van der Waals surface area contributed by atoms with Crippen LogP contribution in [0.4, 0.5) is 5.69 Å². The molecule has 3 rings (SSSR count). The molecule has 126 valence electrons. The van der Waals surface area contributed by atoms with E-state index in [1.165, 1.54) is 6.07 Å². The second kappa shape index (κ2) is 7.38. The van der Waals surface area contributed by atoms with Crippen molar-refractivity contribution in [3.8, 4) is 0 Å². The van der Waals surface area contributed by atoms with Gasteiger partial charge in [0, 0.05) is 18.7 Å². The van der Waals surface area contributed by atoms with E-state index in [1.807, 2.05) is 0 Å². The van der Waals surface area contributed by atoms with Crippen LogP contribution in [0.2, 0.25) is 5.02 Å². The quantitative estimate of drug-likeness (QED) is 0.837. The van der Waals surface area contributed by atoms with Crippen LogP contribution in [0.15, 0.2) is 39.4 Å². The van der Waals surface area contributed by atoms with Crippen LogP contribution >= 0.6 is 27.5 Å². The molecule has 1 aliphatic heterocycles. The molecule has 2 amide bonds. The maximum absolute atomic E-state index is 12.5. The van der Waals surface area contributed by atoms with Gasteiger partial charge in [-0.25, -0.2) is 0 Å². The Kier molecular flexibility index (Phi) is 5.23. The van der Waals surface area contributed by atoms with Gasteiger partial charge in [-0.05, 0) is 46.3 Å². The standard InChI is InChI=1S/C16H14BrClN2O4/c17-14-4-3-13(24-14)15(21)19-12-9-10(1-2-11(12)18)16(22)20-5-7-23-8-6-20/h1-4,9H,5-8H2,(H,19,21). The Morgan fingerprint density at radius 1 is 1.17 bits per heavy atom. The molecule has 2 heterocycles. The number of ether oxygens (including phenoxy) is 1. The molecule has 1 aromatic carbocycles. The Morgan fingerprint density at radius 2 is 1.92 bits per heavy atom. The number of nitrogens with zero attached hydrogens (tertiary/aromatic N) is 1. The van der Waals surface area contributed by atoms with Gasteiger partial charge in [0.1, 0.15) is 0 Å². The number of benzene rings is 1. The van der Waals surface area contributed by atoms with Gasteiger partial charge in [-0.1, -0.05) is 11.6 Å². The monoisotopic (exact) mass is 412 g/mol. The van der Waals surface area contributed by atoms with Crippen molar-refractivity contribution in [3.05, 3.63) is 51.3 Å². The van der Waals surface area contributed by atoms with Crippen LogP contribution < -0.4 is 5.32 Å². The third-order valence-corrected chi connectivity index (χ3v) is 4.31. The highest BCUT2D eigenvalue weighted by Crippen LogP contribution is 2.25. The SMILES string of the molecule is O=C(Nc1cc(C(=O)N2CCOCC2)ccc1Cl)c1ccc(Br)o1. The van der Waals surface area contributed by atoms with Crippen molar-refractivity contribution in [1.29, 1.82) is 0 Å². The highest BCUT2D eigenvalue weighted by Gasteiger charge is 2.20. The summed E-state index contributed by atoms with van der Waals surface area (Å²) in [4.78, 5) is 26.4. The first-order chi connectivity index (χ1) is 11.5. The number of carbonyl (C=O) groups excluding carboxylic acids is 2. The molecule has 8 heteroatoms. The smallest absolute Gasteiger partial charge is 0.291 e. The zero-order valence-corrected chi connectivity index (χ0v) is 14.9. The molecule has 0 spiro atoms. The lowest BCUT2D eigenvalue weighted by Gasteiger charge is -2.27. The fourth-order valence-corrected chi connectivity index (χ4v) is 2.79. The van der Waals surface area contributed by atoms with Gasteiger partial charge in [-0.15, -0.1) is 0 Å². The van der Waals surface area contributed by atoms with Crippen LogP contribution in [0.5, 0.6) is 0 Å². The Labute approximate surface area is 151 Å². The molecule has 0 radical (unpaired) electrons. The maximum atomic E-state index is 12.5. The molecule has 1 aliphatic rings. The summed E-state index contributed by atoms with van der Waals surface area (Å²) in [5.41, 5.74) is 0.811. The number of halogens is 2. The fourth-order valence-electron chi connectivity index (χ4n) is 2.32. The minimum atomic E-state index is -0.446. The zero-order valence-electron chi connectivity index (χ0n) is 12.6. The van der Waals surface area contributed by atoms with Crippen molar-refractivity contribution < 1.29 is 18.7 Å². The number of amides is 2. The van der Waals surface area contributed by atoms with E-state index >= 15 is 0 Å². The molecule has 0 atom stereocenters. The summed E-state index contributed by atoms with van der Waals surface area (Å²) in [6.45, 7) is 2.14. The number of nitrogens with one attached hydrogen (secondary N) is 1. The fraction of sp³-hybridized carbons (Fsp3) is 0.250. The van der Waals surface area contributed by atoms with E-state index in [-0.39, 0.29) is 11.7 Å². The molecule has 1 saturated heterocycles. The largest absolute Gasteiger partial charge is 0.444 e. The van der Waals surface area contributed by atoms with E-state index in [2.05, 4.69) is 21.2 Å². The number of furan rings is 1. The van der Waals surface area contributed by atoms with Gasteiger partial charge in [-0.2, -0.15) is 0 Å². The van der Waals surface area contributed by atoms with Crippen LogP contribution in [-0.4, -0.2) is 43.0 Å². The number of hydrogen-bond acceptors (Lipinski definition) is 4. The number of hydrogen-bond donors (Lipinski definition) is 1. The highest BCUT2D eigenvalue weighted by atomic mass is 79.9. The van der Waals surface area contributed by atoms with E-state index in [4.69, 9.17) is 20.8 Å². The van der Waals surface area contributed by atoms with Crippen molar-refractivity contribution >= 4 is 45.0 Å². The minimum absolute atomic E-state index is 0.119. The van der Waals surface area contributed by atoms with Gasteiger partial charge in [0.2, 0.25) is 0 Å². The third-order valence-electron chi connectivity index (χ3n) is 3.56. The van der Waals surface area contributed by atoms with Crippen LogP contribution in [0, 0.1) is 0 Å². The van der Waals surface area contributed by atoms with Gasteiger partial charge < -0.3 is 19.4 Å². The Morgan fingerprint density at radius 3 is 2.58 bits per heavy atom. The zero-order chi connectivity index (χ0) is 17.1. The van der Waals surface area contributed by atoms with E-state index in [1.54, 1.807) is 29.2 Å². The van der Waals surface area contributed by atoms with Crippen molar-refractivity contribution in [3.63, 3.8) is 0 Å². The summed E-state index contributed by atoms with van der Waals surface area (Å²) in [7, 11) is 0. The molecular weight excluding hydrogens is 400 g/mol. The lowest BCUT2D eigenvalue weighted by atomic mass is 10.1. The van der Waals surface area contributed by atoms with E-state index in [9.17, 15) is 9.59 Å². The maximum Gasteiger partial charge on any atom is 0.291 e. The van der Waals surface area contributed by atoms with Crippen LogP contribution in [0.1, 0.15) is 20.9 Å². The van der Waals surface area contributed by atoms with Crippen molar-refractivity contribution in [1.82, 2.24) is 4.90 Å². The summed E-state index contributed by atoms with van der Waals surface area (Å²) >= 11 is 9.27. The Bertz CT molecular complexity index is 771. The van der Waals surface area contributed by atoms with E-state index in [0.717, 1.165) is 0 Å². The summed E-state index contributed by atoms with van der Waals surface area (Å²) in [5.74, 6) is -0.423. The average Bonchev–Trinajstić information content (AvgIpc) is 3.03. The normalized spacial score (nSPS) is 14.5. The molecule has 1 fully saturated rings. The molecular formula is C16H14BrClN2O4. The first-order valence-corrected chi connectivity index (χ1v) is 8.45. The van der Waals surface area contributed by atoms with Gasteiger partial charge in [0.25, 0.3) is 11.8 Å². The van der Waals surface area contributed by atoms with Crippen LogP contribution in [0.3, 0.4) is 0 Å². The van der Waals surface area contributed by atoms with E-state index in [0.29, 0.717) is 47.2 Å². The predicted molar refractivity (Wildman–Crippen MR) is 92.5 cm³/mol. The lowest BCUT2D eigenvalue weighted by molar-refractivity contribution is 0.0303.